The van der Waals surface area contributed by atoms with Gasteiger partial charge in [0.15, 0.2) is 6.17 Å². The van der Waals surface area contributed by atoms with Crippen molar-refractivity contribution in [1.82, 2.24) is 19.9 Å². The van der Waals surface area contributed by atoms with Gasteiger partial charge in [0.2, 0.25) is 0 Å². The number of fused-ring (bicyclic) bond motifs is 1. The highest BCUT2D eigenvalue weighted by Crippen LogP contribution is 2.28. The number of aryl methyl sites for hydroxylation is 1. The van der Waals surface area contributed by atoms with Crippen LogP contribution in [0.1, 0.15) is 27.8 Å². The number of rotatable bonds is 7. The lowest BCUT2D eigenvalue weighted by Crippen LogP contribution is -2.22. The molecular formula is C24H21F3N6O2. The second kappa shape index (κ2) is 10.0. The Hall–Kier alpha value is -4.12. The number of halogens is 3. The van der Waals surface area contributed by atoms with E-state index in [1.165, 1.54) is 12.3 Å². The van der Waals surface area contributed by atoms with Gasteiger partial charge < -0.3 is 15.7 Å². The van der Waals surface area contributed by atoms with E-state index in [0.717, 1.165) is 34.3 Å². The van der Waals surface area contributed by atoms with Crippen molar-refractivity contribution < 1.29 is 23.1 Å². The van der Waals surface area contributed by atoms with E-state index in [4.69, 9.17) is 0 Å². The van der Waals surface area contributed by atoms with E-state index in [2.05, 4.69) is 30.6 Å². The Balaban J connectivity index is 1.58. The van der Waals surface area contributed by atoms with Crippen molar-refractivity contribution in [3.8, 4) is 11.1 Å². The Morgan fingerprint density at radius 3 is 2.54 bits per heavy atom. The maximum absolute atomic E-state index is 13.5. The number of amides is 1. The van der Waals surface area contributed by atoms with Gasteiger partial charge in [-0.25, -0.2) is 18.2 Å². The topological polar surface area (TPSA) is 113 Å². The third kappa shape index (κ3) is 5.19. The first-order valence-electron chi connectivity index (χ1n) is 10.5. The summed E-state index contributed by atoms with van der Waals surface area (Å²) >= 11 is 0. The van der Waals surface area contributed by atoms with Crippen LogP contribution in [-0.4, -0.2) is 50.6 Å². The van der Waals surface area contributed by atoms with Crippen LogP contribution in [0.2, 0.25) is 0 Å². The van der Waals surface area contributed by atoms with Crippen LogP contribution in [0.4, 0.5) is 24.7 Å². The van der Waals surface area contributed by atoms with Gasteiger partial charge in [0.25, 0.3) is 12.3 Å². The highest BCUT2D eigenvalue weighted by Gasteiger charge is 2.29. The summed E-state index contributed by atoms with van der Waals surface area (Å²) in [4.78, 5) is 29.7. The number of aliphatic hydroxyl groups excluding tert-OH is 1. The molecule has 0 saturated heterocycles. The summed E-state index contributed by atoms with van der Waals surface area (Å²) < 4.78 is 38.7. The number of nitrogens with one attached hydrogen (secondary N) is 2. The number of carbonyl (C=O) groups is 1. The number of anilines is 2. The molecule has 0 fully saturated rings. The number of aliphatic hydroxyl groups is 1. The van der Waals surface area contributed by atoms with Crippen LogP contribution in [0.5, 0.6) is 0 Å². The molecule has 4 rings (SSSR count). The van der Waals surface area contributed by atoms with Gasteiger partial charge in [0.05, 0.1) is 17.4 Å². The maximum atomic E-state index is 13.5. The molecule has 3 N–H and O–H groups in total. The number of hydrogen-bond donors (Lipinski definition) is 3. The molecule has 0 aromatic carbocycles. The molecule has 180 valence electrons. The van der Waals surface area contributed by atoms with E-state index >= 15 is 0 Å². The Morgan fingerprint density at radius 1 is 1.00 bits per heavy atom. The van der Waals surface area contributed by atoms with Crippen LogP contribution in [-0.2, 0) is 0 Å². The van der Waals surface area contributed by atoms with Crippen LogP contribution in [0.15, 0.2) is 55.1 Å². The summed E-state index contributed by atoms with van der Waals surface area (Å²) in [7, 11) is 1.77. The van der Waals surface area contributed by atoms with Crippen LogP contribution < -0.4 is 10.6 Å². The van der Waals surface area contributed by atoms with Gasteiger partial charge in [-0.15, -0.1) is 0 Å². The number of alkyl halides is 3. The zero-order chi connectivity index (χ0) is 25.1. The molecule has 4 aromatic heterocycles. The van der Waals surface area contributed by atoms with Crippen LogP contribution in [0, 0.1) is 6.92 Å². The predicted molar refractivity (Wildman–Crippen MR) is 125 cm³/mol. The van der Waals surface area contributed by atoms with E-state index < -0.39 is 24.6 Å². The Morgan fingerprint density at radius 2 is 1.80 bits per heavy atom. The normalized spacial score (nSPS) is 13.0. The van der Waals surface area contributed by atoms with Crippen molar-refractivity contribution in [2.75, 3.05) is 17.7 Å². The van der Waals surface area contributed by atoms with Crippen LogP contribution in [0.3, 0.4) is 0 Å². The molecule has 0 bridgehead atoms. The molecule has 0 aliphatic rings. The van der Waals surface area contributed by atoms with Crippen molar-refractivity contribution >= 4 is 28.3 Å². The van der Waals surface area contributed by atoms with Gasteiger partial charge in [-0.1, -0.05) is 0 Å². The Labute approximate surface area is 198 Å². The molecule has 11 heteroatoms. The van der Waals surface area contributed by atoms with E-state index in [1.807, 2.05) is 19.1 Å². The summed E-state index contributed by atoms with van der Waals surface area (Å²) in [6.07, 6.45) is -2.24. The third-order valence-electron chi connectivity index (χ3n) is 5.38. The molecule has 4 heterocycles. The number of aromatic nitrogens is 4. The molecule has 4 aromatic rings. The lowest BCUT2D eigenvalue weighted by molar-refractivity contribution is -0.0301. The zero-order valence-electron chi connectivity index (χ0n) is 18.7. The summed E-state index contributed by atoms with van der Waals surface area (Å²) in [5.74, 6) is 0.0188. The average molecular weight is 482 g/mol. The summed E-state index contributed by atoms with van der Waals surface area (Å²) in [5, 5.41) is 16.2. The largest absolute Gasteiger partial charge is 0.385 e. The SMILES string of the molecule is CNc1cc2ncc(-c3cc(NC(=O)c4cc(C(O)C(F)C(F)F)ccn4)cnc3C)cc2cn1. The fraction of sp³-hybridized carbons (Fsp3) is 0.208. The van der Waals surface area contributed by atoms with Crippen molar-refractivity contribution in [3.63, 3.8) is 0 Å². The summed E-state index contributed by atoms with van der Waals surface area (Å²) in [5.41, 5.74) is 2.95. The number of carbonyl (C=O) groups excluding carboxylic acids is 1. The van der Waals surface area contributed by atoms with Gasteiger partial charge in [-0.2, -0.15) is 0 Å². The standard InChI is InChI=1S/C24H21F3N6O2/c1-12-17(14-5-15-10-32-20(28-2)8-18(15)31-9-14)7-16(11-30-12)33-24(35)19-6-13(3-4-29-19)22(34)21(25)23(26)27/h3-11,21-23,34H,1-2H3,(H,28,32)(H,33,35). The molecule has 35 heavy (non-hydrogen) atoms. The molecule has 0 radical (unpaired) electrons. The summed E-state index contributed by atoms with van der Waals surface area (Å²) in [6, 6.07) is 7.68. The quantitative estimate of drug-likeness (QED) is 0.359. The minimum Gasteiger partial charge on any atom is -0.385 e. The third-order valence-corrected chi connectivity index (χ3v) is 5.38. The molecule has 2 unspecified atom stereocenters. The first-order valence-corrected chi connectivity index (χ1v) is 10.5. The van der Waals surface area contributed by atoms with Crippen molar-refractivity contribution in [1.29, 1.82) is 0 Å². The Bertz CT molecular complexity index is 1380. The number of nitrogens with zero attached hydrogens (tertiary/aromatic N) is 4. The maximum Gasteiger partial charge on any atom is 0.274 e. The van der Waals surface area contributed by atoms with Gasteiger partial charge in [0.1, 0.15) is 17.6 Å². The van der Waals surface area contributed by atoms with Gasteiger partial charge in [0, 0.05) is 53.9 Å². The molecule has 0 aliphatic heterocycles. The molecule has 0 aliphatic carbocycles. The fourth-order valence-corrected chi connectivity index (χ4v) is 3.47. The van der Waals surface area contributed by atoms with Crippen molar-refractivity contribution in [3.05, 3.63) is 72.1 Å². The smallest absolute Gasteiger partial charge is 0.274 e. The molecule has 8 nitrogen and oxygen atoms in total. The lowest BCUT2D eigenvalue weighted by Gasteiger charge is -2.15. The Kier molecular flexibility index (Phi) is 6.87. The molecule has 2 atom stereocenters. The minimum atomic E-state index is -3.36. The van der Waals surface area contributed by atoms with Gasteiger partial charge in [-0.05, 0) is 36.8 Å². The average Bonchev–Trinajstić information content (AvgIpc) is 2.88. The fourth-order valence-electron chi connectivity index (χ4n) is 3.47. The predicted octanol–water partition coefficient (Wildman–Crippen LogP) is 4.33. The first-order chi connectivity index (χ1) is 16.8. The van der Waals surface area contributed by atoms with Crippen molar-refractivity contribution in [2.45, 2.75) is 25.6 Å². The molecule has 1 amide bonds. The molecule has 0 saturated carbocycles. The number of pyridine rings is 4. The molecular weight excluding hydrogens is 461 g/mol. The number of hydrogen-bond acceptors (Lipinski definition) is 7. The lowest BCUT2D eigenvalue weighted by atomic mass is 10.0. The van der Waals surface area contributed by atoms with E-state index in [0.29, 0.717) is 17.2 Å². The summed E-state index contributed by atoms with van der Waals surface area (Å²) in [6.45, 7) is 1.82. The minimum absolute atomic E-state index is 0.177. The second-order valence-electron chi connectivity index (χ2n) is 7.75. The van der Waals surface area contributed by atoms with Crippen molar-refractivity contribution in [2.24, 2.45) is 0 Å². The second-order valence-corrected chi connectivity index (χ2v) is 7.75. The highest BCUT2D eigenvalue weighted by molar-refractivity contribution is 6.03. The van der Waals surface area contributed by atoms with E-state index in [-0.39, 0.29) is 11.3 Å². The van der Waals surface area contributed by atoms with Gasteiger partial charge >= 0.3 is 0 Å². The highest BCUT2D eigenvalue weighted by atomic mass is 19.3. The van der Waals surface area contributed by atoms with Crippen LogP contribution in [0.25, 0.3) is 22.0 Å². The molecule has 0 spiro atoms. The zero-order valence-corrected chi connectivity index (χ0v) is 18.7. The van der Waals surface area contributed by atoms with Crippen LogP contribution >= 0.6 is 0 Å². The van der Waals surface area contributed by atoms with Gasteiger partial charge in [-0.3, -0.25) is 19.7 Å². The first kappa shape index (κ1) is 24.0. The monoisotopic (exact) mass is 482 g/mol. The van der Waals surface area contributed by atoms with E-state index in [9.17, 15) is 23.1 Å². The van der Waals surface area contributed by atoms with E-state index in [1.54, 1.807) is 25.5 Å².